The minimum atomic E-state index is -0.0622. The number of rotatable bonds is 4. The van der Waals surface area contributed by atoms with Crippen LogP contribution in [0.5, 0.6) is 0 Å². The minimum Gasteiger partial charge on any atom is -0.371 e. The Morgan fingerprint density at radius 2 is 1.75 bits per heavy atom. The third-order valence-electron chi connectivity index (χ3n) is 4.75. The third kappa shape index (κ3) is 3.78. The van der Waals surface area contributed by atoms with Gasteiger partial charge in [0, 0.05) is 30.0 Å². The van der Waals surface area contributed by atoms with Gasteiger partial charge in [0.25, 0.3) is 5.91 Å². The van der Waals surface area contributed by atoms with E-state index in [0.29, 0.717) is 11.5 Å². The molecule has 3 rings (SSSR count). The van der Waals surface area contributed by atoms with Crippen molar-refractivity contribution in [3.63, 3.8) is 0 Å². The molecule has 3 nitrogen and oxygen atoms in total. The SMILES string of the molecule is CC1CCN(c2ccc(NC(=O)c3ccc(C(C)C)cc3)cc2)C1. The molecule has 1 aliphatic heterocycles. The highest BCUT2D eigenvalue weighted by molar-refractivity contribution is 6.04. The average Bonchev–Trinajstić information content (AvgIpc) is 3.02. The second-order valence-corrected chi connectivity index (χ2v) is 7.12. The van der Waals surface area contributed by atoms with Crippen molar-refractivity contribution in [1.82, 2.24) is 0 Å². The highest BCUT2D eigenvalue weighted by Crippen LogP contribution is 2.25. The van der Waals surface area contributed by atoms with E-state index in [1.54, 1.807) is 0 Å². The lowest BCUT2D eigenvalue weighted by Crippen LogP contribution is -2.19. The van der Waals surface area contributed by atoms with Gasteiger partial charge in [-0.05, 0) is 60.2 Å². The average molecular weight is 322 g/mol. The standard InChI is InChI=1S/C21H26N2O/c1-15(2)17-4-6-18(7-5-17)21(24)22-19-8-10-20(11-9-19)23-13-12-16(3)14-23/h4-11,15-16H,12-14H2,1-3H3,(H,22,24). The monoisotopic (exact) mass is 322 g/mol. The van der Waals surface area contributed by atoms with Crippen LogP contribution in [0.1, 0.15) is 49.0 Å². The summed E-state index contributed by atoms with van der Waals surface area (Å²) < 4.78 is 0. The zero-order valence-electron chi connectivity index (χ0n) is 14.8. The van der Waals surface area contributed by atoms with Crippen molar-refractivity contribution in [3.8, 4) is 0 Å². The quantitative estimate of drug-likeness (QED) is 0.867. The lowest BCUT2D eigenvalue weighted by Gasteiger charge is -2.18. The fourth-order valence-electron chi connectivity index (χ4n) is 3.15. The first kappa shape index (κ1) is 16.6. The van der Waals surface area contributed by atoms with Crippen molar-refractivity contribution in [1.29, 1.82) is 0 Å². The Morgan fingerprint density at radius 3 is 2.29 bits per heavy atom. The molecule has 1 heterocycles. The second-order valence-electron chi connectivity index (χ2n) is 7.12. The van der Waals surface area contributed by atoms with Gasteiger partial charge in [-0.1, -0.05) is 32.9 Å². The fourth-order valence-corrected chi connectivity index (χ4v) is 3.15. The van der Waals surface area contributed by atoms with Crippen molar-refractivity contribution in [2.24, 2.45) is 5.92 Å². The Balaban J connectivity index is 1.64. The van der Waals surface area contributed by atoms with Crippen molar-refractivity contribution >= 4 is 17.3 Å². The lowest BCUT2D eigenvalue weighted by atomic mass is 10.0. The van der Waals surface area contributed by atoms with Crippen LogP contribution in [-0.2, 0) is 0 Å². The summed E-state index contributed by atoms with van der Waals surface area (Å²) in [7, 11) is 0. The predicted octanol–water partition coefficient (Wildman–Crippen LogP) is 4.91. The van der Waals surface area contributed by atoms with Crippen LogP contribution in [0, 0.1) is 5.92 Å². The molecule has 0 aliphatic carbocycles. The number of carbonyl (C=O) groups is 1. The van der Waals surface area contributed by atoms with Crippen molar-refractivity contribution < 1.29 is 4.79 Å². The first-order chi connectivity index (χ1) is 11.5. The van der Waals surface area contributed by atoms with E-state index in [-0.39, 0.29) is 5.91 Å². The largest absolute Gasteiger partial charge is 0.371 e. The summed E-state index contributed by atoms with van der Waals surface area (Å²) in [5, 5.41) is 2.98. The van der Waals surface area contributed by atoms with E-state index in [0.717, 1.165) is 24.7 Å². The second kappa shape index (κ2) is 7.08. The number of hydrogen-bond donors (Lipinski definition) is 1. The van der Waals surface area contributed by atoms with Crippen LogP contribution in [0.2, 0.25) is 0 Å². The van der Waals surface area contributed by atoms with E-state index in [1.807, 2.05) is 36.4 Å². The van der Waals surface area contributed by atoms with E-state index < -0.39 is 0 Å². The van der Waals surface area contributed by atoms with Crippen LogP contribution in [-0.4, -0.2) is 19.0 Å². The van der Waals surface area contributed by atoms with Crippen LogP contribution >= 0.6 is 0 Å². The molecule has 0 spiro atoms. The summed E-state index contributed by atoms with van der Waals surface area (Å²) in [5.74, 6) is 1.18. The van der Waals surface area contributed by atoms with Crippen LogP contribution in [0.15, 0.2) is 48.5 Å². The van der Waals surface area contributed by atoms with Crippen molar-refractivity contribution in [3.05, 3.63) is 59.7 Å². The number of carbonyl (C=O) groups excluding carboxylic acids is 1. The zero-order chi connectivity index (χ0) is 17.1. The molecule has 1 N–H and O–H groups in total. The Labute approximate surface area is 144 Å². The summed E-state index contributed by atoms with van der Waals surface area (Å²) in [6.07, 6.45) is 1.25. The maximum absolute atomic E-state index is 12.4. The maximum Gasteiger partial charge on any atom is 0.255 e. The molecule has 2 aromatic carbocycles. The van der Waals surface area contributed by atoms with Crippen LogP contribution in [0.25, 0.3) is 0 Å². The van der Waals surface area contributed by atoms with Crippen molar-refractivity contribution in [2.45, 2.75) is 33.1 Å². The fraction of sp³-hybridized carbons (Fsp3) is 0.381. The minimum absolute atomic E-state index is 0.0622. The van der Waals surface area contributed by atoms with Crippen LogP contribution < -0.4 is 10.2 Å². The number of nitrogens with zero attached hydrogens (tertiary/aromatic N) is 1. The molecule has 24 heavy (non-hydrogen) atoms. The van der Waals surface area contributed by atoms with Gasteiger partial charge in [0.05, 0.1) is 0 Å². The Hall–Kier alpha value is -2.29. The van der Waals surface area contributed by atoms with Gasteiger partial charge in [0.2, 0.25) is 0 Å². The number of amides is 1. The van der Waals surface area contributed by atoms with E-state index in [1.165, 1.54) is 17.7 Å². The van der Waals surface area contributed by atoms with Gasteiger partial charge in [-0.15, -0.1) is 0 Å². The van der Waals surface area contributed by atoms with E-state index in [4.69, 9.17) is 0 Å². The molecular formula is C21H26N2O. The van der Waals surface area contributed by atoms with Gasteiger partial charge < -0.3 is 10.2 Å². The highest BCUT2D eigenvalue weighted by atomic mass is 16.1. The summed E-state index contributed by atoms with van der Waals surface area (Å²) in [4.78, 5) is 14.8. The number of benzene rings is 2. The Bertz CT molecular complexity index is 689. The molecule has 1 aliphatic rings. The molecule has 2 aromatic rings. The molecule has 1 saturated heterocycles. The van der Waals surface area contributed by atoms with E-state index in [9.17, 15) is 4.79 Å². The topological polar surface area (TPSA) is 32.3 Å². The van der Waals surface area contributed by atoms with Gasteiger partial charge in [-0.2, -0.15) is 0 Å². The summed E-state index contributed by atoms with van der Waals surface area (Å²) in [6, 6.07) is 16.0. The Morgan fingerprint density at radius 1 is 1.08 bits per heavy atom. The smallest absolute Gasteiger partial charge is 0.255 e. The molecule has 0 saturated carbocycles. The van der Waals surface area contributed by atoms with Crippen LogP contribution in [0.4, 0.5) is 11.4 Å². The molecule has 1 atom stereocenters. The van der Waals surface area contributed by atoms with Crippen LogP contribution in [0.3, 0.4) is 0 Å². The van der Waals surface area contributed by atoms with E-state index in [2.05, 4.69) is 43.1 Å². The first-order valence-electron chi connectivity index (χ1n) is 8.79. The van der Waals surface area contributed by atoms with Gasteiger partial charge in [-0.3, -0.25) is 4.79 Å². The molecule has 1 fully saturated rings. The molecule has 0 aromatic heterocycles. The third-order valence-corrected chi connectivity index (χ3v) is 4.75. The van der Waals surface area contributed by atoms with Crippen molar-refractivity contribution in [2.75, 3.05) is 23.3 Å². The number of hydrogen-bond acceptors (Lipinski definition) is 2. The van der Waals surface area contributed by atoms with Gasteiger partial charge >= 0.3 is 0 Å². The summed E-state index contributed by atoms with van der Waals surface area (Å²) in [6.45, 7) is 8.83. The maximum atomic E-state index is 12.4. The summed E-state index contributed by atoms with van der Waals surface area (Å²) >= 11 is 0. The van der Waals surface area contributed by atoms with E-state index >= 15 is 0 Å². The molecule has 1 unspecified atom stereocenters. The molecule has 1 amide bonds. The van der Waals surface area contributed by atoms with Gasteiger partial charge in [0.1, 0.15) is 0 Å². The Kier molecular flexibility index (Phi) is 4.89. The molecule has 126 valence electrons. The molecule has 3 heteroatoms. The first-order valence-corrected chi connectivity index (χ1v) is 8.79. The molecule has 0 radical (unpaired) electrons. The van der Waals surface area contributed by atoms with Gasteiger partial charge in [0.15, 0.2) is 0 Å². The normalized spacial score (nSPS) is 17.3. The predicted molar refractivity (Wildman–Crippen MR) is 101 cm³/mol. The molecule has 0 bridgehead atoms. The lowest BCUT2D eigenvalue weighted by molar-refractivity contribution is 0.102. The van der Waals surface area contributed by atoms with Gasteiger partial charge in [-0.25, -0.2) is 0 Å². The number of anilines is 2. The molecular weight excluding hydrogens is 296 g/mol. The number of nitrogens with one attached hydrogen (secondary N) is 1. The summed E-state index contributed by atoms with van der Waals surface area (Å²) in [5.41, 5.74) is 4.01. The zero-order valence-corrected chi connectivity index (χ0v) is 14.8. The highest BCUT2D eigenvalue weighted by Gasteiger charge is 2.18.